The lowest BCUT2D eigenvalue weighted by Gasteiger charge is -2.18. The summed E-state index contributed by atoms with van der Waals surface area (Å²) in [5, 5.41) is 11.8. The van der Waals surface area contributed by atoms with Crippen molar-refractivity contribution in [3.8, 4) is 11.8 Å². The Balaban J connectivity index is 2.21. The summed E-state index contributed by atoms with van der Waals surface area (Å²) in [7, 11) is 1.61. The van der Waals surface area contributed by atoms with Crippen molar-refractivity contribution < 1.29 is 9.53 Å². The fraction of sp³-hybridized carbons (Fsp3) is 0.222. The largest absolute Gasteiger partial charge is 0.496 e. The molecule has 0 aromatic heterocycles. The maximum Gasteiger partial charge on any atom is 0.251 e. The van der Waals surface area contributed by atoms with E-state index < -0.39 is 0 Å². The third-order valence-corrected chi connectivity index (χ3v) is 3.45. The zero-order valence-electron chi connectivity index (χ0n) is 12.9. The van der Waals surface area contributed by atoms with Crippen molar-refractivity contribution in [3.63, 3.8) is 0 Å². The van der Waals surface area contributed by atoms with Gasteiger partial charge in [-0.15, -0.1) is 0 Å². The van der Waals surface area contributed by atoms with Crippen molar-refractivity contribution in [2.75, 3.05) is 7.11 Å². The normalized spacial score (nSPS) is 11.4. The fourth-order valence-electron chi connectivity index (χ4n) is 2.28. The molecule has 0 saturated heterocycles. The van der Waals surface area contributed by atoms with E-state index >= 15 is 0 Å². The van der Waals surface area contributed by atoms with Gasteiger partial charge in [0.25, 0.3) is 5.91 Å². The van der Waals surface area contributed by atoms with Crippen molar-refractivity contribution >= 4 is 5.91 Å². The van der Waals surface area contributed by atoms with Gasteiger partial charge in [0, 0.05) is 11.1 Å². The Kier molecular flexibility index (Phi) is 4.80. The molecule has 1 atom stereocenters. The molecule has 2 aromatic rings. The number of nitrogens with zero attached hydrogens (tertiary/aromatic N) is 1. The molecule has 2 aromatic carbocycles. The van der Waals surface area contributed by atoms with Crippen LogP contribution in [-0.4, -0.2) is 13.0 Å². The molecule has 0 saturated carbocycles. The third-order valence-electron chi connectivity index (χ3n) is 3.45. The molecule has 4 heteroatoms. The van der Waals surface area contributed by atoms with Crippen LogP contribution in [0.5, 0.6) is 5.75 Å². The monoisotopic (exact) mass is 294 g/mol. The van der Waals surface area contributed by atoms with Crippen LogP contribution in [0.4, 0.5) is 0 Å². The van der Waals surface area contributed by atoms with Gasteiger partial charge in [-0.3, -0.25) is 4.79 Å². The summed E-state index contributed by atoms with van der Waals surface area (Å²) >= 11 is 0. The van der Waals surface area contributed by atoms with Gasteiger partial charge in [0.15, 0.2) is 0 Å². The number of hydrogen-bond acceptors (Lipinski definition) is 3. The van der Waals surface area contributed by atoms with Crippen LogP contribution >= 0.6 is 0 Å². The highest BCUT2D eigenvalue weighted by Gasteiger charge is 2.15. The number of hydrogen-bond donors (Lipinski definition) is 1. The number of nitriles is 1. The van der Waals surface area contributed by atoms with Crippen LogP contribution in [0, 0.1) is 18.3 Å². The van der Waals surface area contributed by atoms with E-state index in [2.05, 4.69) is 5.32 Å². The molecule has 1 amide bonds. The molecule has 0 aliphatic rings. The minimum atomic E-state index is -0.215. The Hall–Kier alpha value is -2.80. The van der Waals surface area contributed by atoms with Gasteiger partial charge in [-0.05, 0) is 38.1 Å². The second-order valence-corrected chi connectivity index (χ2v) is 5.13. The van der Waals surface area contributed by atoms with E-state index in [1.165, 1.54) is 0 Å². The molecule has 0 bridgehead atoms. The third kappa shape index (κ3) is 3.44. The Morgan fingerprint density at radius 1 is 1.27 bits per heavy atom. The molecule has 22 heavy (non-hydrogen) atoms. The van der Waals surface area contributed by atoms with Crippen molar-refractivity contribution in [2.45, 2.75) is 19.9 Å². The average Bonchev–Trinajstić information content (AvgIpc) is 2.54. The summed E-state index contributed by atoms with van der Waals surface area (Å²) in [5.41, 5.74) is 2.96. The second-order valence-electron chi connectivity index (χ2n) is 5.13. The number of amides is 1. The molecule has 0 fully saturated rings. The molecule has 0 aliphatic heterocycles. The minimum absolute atomic E-state index is 0.201. The van der Waals surface area contributed by atoms with E-state index in [4.69, 9.17) is 10.00 Å². The van der Waals surface area contributed by atoms with Gasteiger partial charge in [-0.2, -0.15) is 5.26 Å². The highest BCUT2D eigenvalue weighted by molar-refractivity contribution is 5.94. The Morgan fingerprint density at radius 2 is 2.05 bits per heavy atom. The van der Waals surface area contributed by atoms with Gasteiger partial charge in [0.2, 0.25) is 0 Å². The molecule has 4 nitrogen and oxygen atoms in total. The summed E-state index contributed by atoms with van der Waals surface area (Å²) in [6.45, 7) is 3.90. The molecule has 112 valence electrons. The molecule has 0 spiro atoms. The van der Waals surface area contributed by atoms with E-state index in [-0.39, 0.29) is 11.9 Å². The van der Waals surface area contributed by atoms with Gasteiger partial charge in [-0.1, -0.05) is 23.8 Å². The van der Waals surface area contributed by atoms with Crippen molar-refractivity contribution in [2.24, 2.45) is 0 Å². The van der Waals surface area contributed by atoms with Crippen molar-refractivity contribution in [1.82, 2.24) is 5.32 Å². The summed E-state index contributed by atoms with van der Waals surface area (Å²) in [6.07, 6.45) is 0. The lowest BCUT2D eigenvalue weighted by atomic mass is 10.0. The predicted molar refractivity (Wildman–Crippen MR) is 84.8 cm³/mol. The van der Waals surface area contributed by atoms with Crippen LogP contribution in [0.25, 0.3) is 0 Å². The molecule has 0 heterocycles. The van der Waals surface area contributed by atoms with Crippen molar-refractivity contribution in [3.05, 3.63) is 64.7 Å². The molecule has 1 N–H and O–H groups in total. The molecule has 0 aliphatic carbocycles. The smallest absolute Gasteiger partial charge is 0.251 e. The van der Waals surface area contributed by atoms with Crippen LogP contribution < -0.4 is 10.1 Å². The first-order chi connectivity index (χ1) is 10.5. The van der Waals surface area contributed by atoms with Gasteiger partial charge < -0.3 is 10.1 Å². The molecular weight excluding hydrogens is 276 g/mol. The fourth-order valence-corrected chi connectivity index (χ4v) is 2.28. The highest BCUT2D eigenvalue weighted by atomic mass is 16.5. The predicted octanol–water partition coefficient (Wildman–Crippen LogP) is 3.37. The van der Waals surface area contributed by atoms with E-state index in [1.807, 2.05) is 38.1 Å². The van der Waals surface area contributed by atoms with Crippen molar-refractivity contribution in [1.29, 1.82) is 5.26 Å². The number of benzene rings is 2. The quantitative estimate of drug-likeness (QED) is 0.940. The lowest BCUT2D eigenvalue weighted by molar-refractivity contribution is 0.0939. The summed E-state index contributed by atoms with van der Waals surface area (Å²) < 4.78 is 5.35. The summed E-state index contributed by atoms with van der Waals surface area (Å²) in [4.78, 5) is 12.3. The first-order valence-corrected chi connectivity index (χ1v) is 7.00. The SMILES string of the molecule is COc1ccc(C)cc1C(C)NC(=O)c1cccc(C#N)c1. The van der Waals surface area contributed by atoms with Crippen LogP contribution in [0.1, 0.15) is 40.0 Å². The van der Waals surface area contributed by atoms with Gasteiger partial charge >= 0.3 is 0 Å². The number of methoxy groups -OCH3 is 1. The Morgan fingerprint density at radius 3 is 2.73 bits per heavy atom. The van der Waals surface area contributed by atoms with Crippen LogP contribution in [0.3, 0.4) is 0 Å². The van der Waals surface area contributed by atoms with E-state index in [1.54, 1.807) is 31.4 Å². The van der Waals surface area contributed by atoms with Crippen LogP contribution in [-0.2, 0) is 0 Å². The lowest BCUT2D eigenvalue weighted by Crippen LogP contribution is -2.27. The number of carbonyl (C=O) groups is 1. The number of nitrogens with one attached hydrogen (secondary N) is 1. The molecule has 1 unspecified atom stereocenters. The molecule has 2 rings (SSSR count). The van der Waals surface area contributed by atoms with Gasteiger partial charge in [0.1, 0.15) is 5.75 Å². The topological polar surface area (TPSA) is 62.1 Å². The standard InChI is InChI=1S/C18H18N2O2/c1-12-7-8-17(22-3)16(9-12)13(2)20-18(21)15-6-4-5-14(10-15)11-19/h4-10,13H,1-3H3,(H,20,21). The van der Waals surface area contributed by atoms with Crippen LogP contribution in [0.2, 0.25) is 0 Å². The van der Waals surface area contributed by atoms with E-state index in [0.29, 0.717) is 11.1 Å². The number of carbonyl (C=O) groups excluding carboxylic acids is 1. The Labute approximate surface area is 130 Å². The van der Waals surface area contributed by atoms with Gasteiger partial charge in [-0.25, -0.2) is 0 Å². The highest BCUT2D eigenvalue weighted by Crippen LogP contribution is 2.26. The Bertz CT molecular complexity index is 732. The number of aryl methyl sites for hydroxylation is 1. The summed E-state index contributed by atoms with van der Waals surface area (Å²) in [5.74, 6) is 0.525. The van der Waals surface area contributed by atoms with E-state index in [0.717, 1.165) is 16.9 Å². The second kappa shape index (κ2) is 6.77. The molecule has 0 radical (unpaired) electrons. The number of ether oxygens (including phenoxy) is 1. The summed E-state index contributed by atoms with van der Waals surface area (Å²) in [6, 6.07) is 14.3. The minimum Gasteiger partial charge on any atom is -0.496 e. The number of rotatable bonds is 4. The first kappa shape index (κ1) is 15.6. The zero-order valence-corrected chi connectivity index (χ0v) is 12.9. The van der Waals surface area contributed by atoms with E-state index in [9.17, 15) is 4.79 Å². The maximum atomic E-state index is 12.3. The molecular formula is C18H18N2O2. The maximum absolute atomic E-state index is 12.3. The first-order valence-electron chi connectivity index (χ1n) is 7.00. The zero-order chi connectivity index (χ0) is 16.1. The van der Waals surface area contributed by atoms with Gasteiger partial charge in [0.05, 0.1) is 24.8 Å². The average molecular weight is 294 g/mol. The van der Waals surface area contributed by atoms with Crippen LogP contribution in [0.15, 0.2) is 42.5 Å².